The van der Waals surface area contributed by atoms with E-state index in [1.54, 1.807) is 9.47 Å². The van der Waals surface area contributed by atoms with Crippen LogP contribution in [0.4, 0.5) is 21.6 Å². The van der Waals surface area contributed by atoms with Crippen molar-refractivity contribution in [1.82, 2.24) is 9.55 Å². The molecule has 1 atom stereocenters. The average molecular weight is 662 g/mol. The van der Waals surface area contributed by atoms with Gasteiger partial charge in [0.25, 0.3) is 15.7 Å². The number of aromatic nitrogens is 2. The number of carboxylic acids is 1. The van der Waals surface area contributed by atoms with Gasteiger partial charge in [0.2, 0.25) is 5.43 Å². The first-order chi connectivity index (χ1) is 20.9. The third-order valence-electron chi connectivity index (χ3n) is 7.70. The highest BCUT2D eigenvalue weighted by atomic mass is 35.5. The van der Waals surface area contributed by atoms with Crippen molar-refractivity contribution in [2.24, 2.45) is 0 Å². The number of nitro groups is 1. The Balaban J connectivity index is 1.43. The number of anilines is 2. The summed E-state index contributed by atoms with van der Waals surface area (Å²) in [4.78, 5) is 40.7. The van der Waals surface area contributed by atoms with Crippen molar-refractivity contribution in [3.05, 3.63) is 96.6 Å². The predicted molar refractivity (Wildman–Crippen MR) is 161 cm³/mol. The zero-order valence-corrected chi connectivity index (χ0v) is 24.9. The fraction of sp³-hybridized carbons (Fsp3) is 0.250. The first kappa shape index (κ1) is 29.8. The number of aromatic carboxylic acids is 1. The zero-order chi connectivity index (χ0) is 31.5. The maximum atomic E-state index is 15.8. The van der Waals surface area contributed by atoms with Crippen LogP contribution in [0, 0.1) is 15.9 Å². The van der Waals surface area contributed by atoms with Gasteiger partial charge in [-0.15, -0.1) is 0 Å². The van der Waals surface area contributed by atoms with Gasteiger partial charge in [-0.3, -0.25) is 14.9 Å². The highest BCUT2D eigenvalue weighted by Gasteiger charge is 2.39. The quantitative estimate of drug-likeness (QED) is 0.151. The van der Waals surface area contributed by atoms with Crippen LogP contribution < -0.4 is 14.6 Å². The van der Waals surface area contributed by atoms with Gasteiger partial charge in [0.1, 0.15) is 22.4 Å². The van der Waals surface area contributed by atoms with E-state index in [4.69, 9.17) is 23.2 Å². The molecule has 228 valence electrons. The summed E-state index contributed by atoms with van der Waals surface area (Å²) in [6, 6.07) is 8.94. The number of carboxylic acid groups (broad SMARTS) is 1. The lowest BCUT2D eigenvalue weighted by Crippen LogP contribution is -2.42. The van der Waals surface area contributed by atoms with Crippen LogP contribution in [0.15, 0.2) is 64.4 Å². The molecule has 0 radical (unpaired) electrons. The largest absolute Gasteiger partial charge is 0.477 e. The van der Waals surface area contributed by atoms with Crippen molar-refractivity contribution in [3.8, 4) is 0 Å². The van der Waals surface area contributed by atoms with Crippen molar-refractivity contribution in [2.45, 2.75) is 36.2 Å². The molecule has 16 heteroatoms. The number of halogens is 3. The molecule has 2 aliphatic rings. The van der Waals surface area contributed by atoms with Gasteiger partial charge in [-0.1, -0.05) is 29.3 Å². The minimum Gasteiger partial charge on any atom is -0.477 e. The number of rotatable bonds is 8. The standard InChI is InChI=1S/C28H22Cl2FN5O7S/c29-22-2-1-3-23(32-22)35(44(42,43)18-8-6-16(7-9-18)36(40)41)17-10-11-33(13-17)26-21(31)12-19-25(24(26)30)34(15-4-5-15)14-20(27(19)37)28(38)39/h1-3,6-9,12,14-15,17H,4-5,10-11,13H2,(H,38,39). The Morgan fingerprint density at radius 2 is 1.84 bits per heavy atom. The maximum absolute atomic E-state index is 15.8. The molecule has 1 unspecified atom stereocenters. The molecule has 0 bridgehead atoms. The number of fused-ring (bicyclic) bond motifs is 1. The van der Waals surface area contributed by atoms with Gasteiger partial charge in [0, 0.05) is 37.5 Å². The number of benzene rings is 2. The predicted octanol–water partition coefficient (Wildman–Crippen LogP) is 5.26. The minimum absolute atomic E-state index is 0.00319. The number of pyridine rings is 2. The van der Waals surface area contributed by atoms with E-state index in [9.17, 15) is 33.2 Å². The van der Waals surface area contributed by atoms with E-state index < -0.39 is 43.8 Å². The number of hydrogen-bond acceptors (Lipinski definition) is 8. The lowest BCUT2D eigenvalue weighted by atomic mass is 10.1. The van der Waals surface area contributed by atoms with Crippen molar-refractivity contribution < 1.29 is 27.6 Å². The Morgan fingerprint density at radius 3 is 2.45 bits per heavy atom. The minimum atomic E-state index is -4.35. The lowest BCUT2D eigenvalue weighted by Gasteiger charge is -2.30. The molecule has 1 saturated carbocycles. The van der Waals surface area contributed by atoms with Crippen molar-refractivity contribution in [3.63, 3.8) is 0 Å². The van der Waals surface area contributed by atoms with Gasteiger partial charge in [0.05, 0.1) is 37.5 Å². The van der Waals surface area contributed by atoms with Crippen LogP contribution in [0.25, 0.3) is 10.9 Å². The molecule has 1 aliphatic heterocycles. The van der Waals surface area contributed by atoms with Crippen LogP contribution in [0.1, 0.15) is 35.7 Å². The summed E-state index contributed by atoms with van der Waals surface area (Å²) in [5, 5.41) is 20.5. The Labute approximate surface area is 259 Å². The van der Waals surface area contributed by atoms with Gasteiger partial charge in [-0.25, -0.2) is 26.9 Å². The third kappa shape index (κ3) is 5.12. The fourth-order valence-electron chi connectivity index (χ4n) is 5.53. The topological polar surface area (TPSA) is 156 Å². The fourth-order valence-corrected chi connectivity index (χ4v) is 7.72. The average Bonchev–Trinajstić information content (AvgIpc) is 3.72. The van der Waals surface area contributed by atoms with E-state index in [-0.39, 0.29) is 68.7 Å². The van der Waals surface area contributed by atoms with E-state index in [1.165, 1.54) is 24.4 Å². The summed E-state index contributed by atoms with van der Waals surface area (Å²) in [6.45, 7) is 0.129. The molecule has 0 spiro atoms. The van der Waals surface area contributed by atoms with Gasteiger partial charge in [-0.05, 0) is 49.6 Å². The summed E-state index contributed by atoms with van der Waals surface area (Å²) in [5.41, 5.74) is -1.48. The molecule has 2 aromatic carbocycles. The van der Waals surface area contributed by atoms with Crippen molar-refractivity contribution >= 4 is 67.3 Å². The van der Waals surface area contributed by atoms with E-state index in [0.717, 1.165) is 47.5 Å². The number of nitro benzene ring substituents is 1. The smallest absolute Gasteiger partial charge is 0.341 e. The second-order valence-electron chi connectivity index (χ2n) is 10.5. The van der Waals surface area contributed by atoms with Gasteiger partial charge >= 0.3 is 5.97 Å². The number of non-ortho nitro benzene ring substituents is 1. The summed E-state index contributed by atoms with van der Waals surface area (Å²) in [6.07, 6.45) is 2.90. The Morgan fingerprint density at radius 1 is 1.14 bits per heavy atom. The van der Waals surface area contributed by atoms with E-state index in [1.807, 2.05) is 0 Å². The highest BCUT2D eigenvalue weighted by molar-refractivity contribution is 7.92. The van der Waals surface area contributed by atoms with E-state index >= 15 is 4.39 Å². The summed E-state index contributed by atoms with van der Waals surface area (Å²) in [5.74, 6) is -2.30. The molecule has 12 nitrogen and oxygen atoms in total. The molecular weight excluding hydrogens is 640 g/mol. The second-order valence-corrected chi connectivity index (χ2v) is 13.1. The van der Waals surface area contributed by atoms with E-state index in [0.29, 0.717) is 0 Å². The second kappa shape index (κ2) is 11.0. The van der Waals surface area contributed by atoms with Crippen molar-refractivity contribution in [1.29, 1.82) is 0 Å². The van der Waals surface area contributed by atoms with Crippen molar-refractivity contribution in [2.75, 3.05) is 22.3 Å². The lowest BCUT2D eigenvalue weighted by molar-refractivity contribution is -0.384. The summed E-state index contributed by atoms with van der Waals surface area (Å²) >= 11 is 12.9. The Hall–Kier alpha value is -4.27. The molecule has 2 aromatic heterocycles. The molecule has 44 heavy (non-hydrogen) atoms. The molecule has 2 fully saturated rings. The SMILES string of the molecule is O=C(O)c1cn(C2CC2)c2c(Cl)c(N3CCC(N(c4cccc(Cl)n4)S(=O)(=O)c4ccc([N+](=O)[O-])cc4)C3)c(F)cc2c1=O. The van der Waals surface area contributed by atoms with Crippen LogP contribution in [0.2, 0.25) is 10.2 Å². The molecule has 1 saturated heterocycles. The van der Waals surface area contributed by atoms with Crippen LogP contribution in [0.3, 0.4) is 0 Å². The zero-order valence-electron chi connectivity index (χ0n) is 22.6. The van der Waals surface area contributed by atoms with Crippen LogP contribution in [0.5, 0.6) is 0 Å². The molecule has 1 aliphatic carbocycles. The van der Waals surface area contributed by atoms with Crippen LogP contribution in [-0.2, 0) is 10.0 Å². The molecule has 3 heterocycles. The van der Waals surface area contributed by atoms with Crippen LogP contribution >= 0.6 is 23.2 Å². The normalized spacial score (nSPS) is 16.8. The molecule has 6 rings (SSSR count). The number of nitrogens with zero attached hydrogens (tertiary/aromatic N) is 5. The molecule has 1 N–H and O–H groups in total. The van der Waals surface area contributed by atoms with E-state index in [2.05, 4.69) is 4.98 Å². The monoisotopic (exact) mass is 661 g/mol. The van der Waals surface area contributed by atoms with Crippen LogP contribution in [-0.4, -0.2) is 53.1 Å². The first-order valence-electron chi connectivity index (χ1n) is 13.3. The summed E-state index contributed by atoms with van der Waals surface area (Å²) in [7, 11) is -4.35. The Bertz CT molecular complexity index is 2020. The number of carbonyl (C=O) groups is 1. The third-order valence-corrected chi connectivity index (χ3v) is 10.1. The summed E-state index contributed by atoms with van der Waals surface area (Å²) < 4.78 is 46.4. The van der Waals surface area contributed by atoms with Gasteiger partial charge in [0.15, 0.2) is 0 Å². The first-order valence-corrected chi connectivity index (χ1v) is 15.5. The van der Waals surface area contributed by atoms with Gasteiger partial charge < -0.3 is 14.6 Å². The number of sulfonamides is 1. The van der Waals surface area contributed by atoms with Gasteiger partial charge in [-0.2, -0.15) is 0 Å². The molecular formula is C28H22Cl2FN5O7S. The maximum Gasteiger partial charge on any atom is 0.341 e. The highest BCUT2D eigenvalue weighted by Crippen LogP contribution is 2.43. The molecule has 0 amide bonds. The Kier molecular flexibility index (Phi) is 7.46. The molecule has 4 aromatic rings. The number of hydrogen-bond donors (Lipinski definition) is 1.